The Morgan fingerprint density at radius 2 is 2.12 bits per heavy atom. The molecule has 17 heavy (non-hydrogen) atoms. The summed E-state index contributed by atoms with van der Waals surface area (Å²) in [6.07, 6.45) is -6.70. The molecule has 1 atom stereocenters. The second-order valence-corrected chi connectivity index (χ2v) is 3.20. The van der Waals surface area contributed by atoms with Crippen LogP contribution in [0.4, 0.5) is 18.9 Å². The van der Waals surface area contributed by atoms with Crippen LogP contribution in [0.1, 0.15) is 17.4 Å². The van der Waals surface area contributed by atoms with E-state index in [4.69, 9.17) is 10.8 Å². The molecule has 1 unspecified atom stereocenters. The number of carboxylic acids is 1. The van der Waals surface area contributed by atoms with Gasteiger partial charge < -0.3 is 15.6 Å². The second kappa shape index (κ2) is 4.48. The lowest BCUT2D eigenvalue weighted by molar-refractivity contribution is -0.189. The molecular weight excluding hydrogens is 241 g/mol. The number of aromatic nitrogens is 1. The fourth-order valence-electron chi connectivity index (χ4n) is 0.899. The summed E-state index contributed by atoms with van der Waals surface area (Å²) in [6.45, 7) is 0.772. The van der Waals surface area contributed by atoms with E-state index in [-0.39, 0.29) is 5.69 Å². The Morgan fingerprint density at radius 1 is 1.53 bits per heavy atom. The highest BCUT2D eigenvalue weighted by molar-refractivity contribution is 5.86. The highest BCUT2D eigenvalue weighted by atomic mass is 19.4. The number of nitrogens with zero attached hydrogens (tertiary/aromatic N) is 1. The molecule has 0 aliphatic heterocycles. The topological polar surface area (TPSA) is 85.4 Å². The minimum atomic E-state index is -4.58. The van der Waals surface area contributed by atoms with Crippen molar-refractivity contribution in [3.05, 3.63) is 17.8 Å². The van der Waals surface area contributed by atoms with Crippen LogP contribution >= 0.6 is 0 Å². The third kappa shape index (κ3) is 3.23. The number of ether oxygens (including phenoxy) is 1. The van der Waals surface area contributed by atoms with E-state index in [1.165, 1.54) is 0 Å². The molecule has 0 amide bonds. The predicted octanol–water partition coefficient (Wildman–Crippen LogP) is 1.69. The van der Waals surface area contributed by atoms with Gasteiger partial charge in [0.25, 0.3) is 0 Å². The molecule has 0 bridgehead atoms. The van der Waals surface area contributed by atoms with Crippen LogP contribution in [0.25, 0.3) is 0 Å². The third-order valence-electron chi connectivity index (χ3n) is 1.86. The maximum atomic E-state index is 12.2. The van der Waals surface area contributed by atoms with Gasteiger partial charge in [0.2, 0.25) is 5.88 Å². The zero-order valence-corrected chi connectivity index (χ0v) is 8.65. The van der Waals surface area contributed by atoms with Crippen molar-refractivity contribution in [1.29, 1.82) is 0 Å². The van der Waals surface area contributed by atoms with Crippen molar-refractivity contribution in [2.24, 2.45) is 0 Å². The number of anilines is 1. The third-order valence-corrected chi connectivity index (χ3v) is 1.86. The van der Waals surface area contributed by atoms with Gasteiger partial charge >= 0.3 is 12.1 Å². The molecule has 0 aliphatic rings. The standard InChI is InChI=1S/C9H9F3N2O3/c1-4(9(10,11)12)17-7-5(13)2-3-6(14-7)8(15)16/h2-4H,13H2,1H3,(H,15,16). The number of nitrogens with two attached hydrogens (primary N) is 1. The van der Waals surface area contributed by atoms with E-state index in [9.17, 15) is 18.0 Å². The van der Waals surface area contributed by atoms with Gasteiger partial charge in [-0.2, -0.15) is 13.2 Å². The molecule has 0 radical (unpaired) electrons. The summed E-state index contributed by atoms with van der Waals surface area (Å²) in [5, 5.41) is 8.61. The van der Waals surface area contributed by atoms with Crippen molar-refractivity contribution >= 4 is 11.7 Å². The second-order valence-electron chi connectivity index (χ2n) is 3.20. The van der Waals surface area contributed by atoms with Crippen LogP contribution in [0.5, 0.6) is 5.88 Å². The quantitative estimate of drug-likeness (QED) is 0.852. The zero-order valence-electron chi connectivity index (χ0n) is 8.65. The van der Waals surface area contributed by atoms with Crippen LogP contribution in [0.15, 0.2) is 12.1 Å². The van der Waals surface area contributed by atoms with E-state index in [1.54, 1.807) is 0 Å². The SMILES string of the molecule is CC(Oc1nc(C(=O)O)ccc1N)C(F)(F)F. The lowest BCUT2D eigenvalue weighted by Crippen LogP contribution is -2.31. The highest BCUT2D eigenvalue weighted by Crippen LogP contribution is 2.27. The largest absolute Gasteiger partial charge is 0.477 e. The summed E-state index contributed by atoms with van der Waals surface area (Å²) in [5.41, 5.74) is 4.73. The number of alkyl halides is 3. The molecule has 94 valence electrons. The zero-order chi connectivity index (χ0) is 13.2. The lowest BCUT2D eigenvalue weighted by Gasteiger charge is -2.17. The number of hydrogen-bond donors (Lipinski definition) is 2. The summed E-state index contributed by atoms with van der Waals surface area (Å²) in [5.74, 6) is -1.93. The molecule has 1 aromatic heterocycles. The number of halogens is 3. The molecule has 8 heteroatoms. The molecule has 0 fully saturated rings. The van der Waals surface area contributed by atoms with Crippen LogP contribution in [0.2, 0.25) is 0 Å². The van der Waals surface area contributed by atoms with Crippen LogP contribution < -0.4 is 10.5 Å². The first-order valence-electron chi connectivity index (χ1n) is 4.45. The Hall–Kier alpha value is -1.99. The van der Waals surface area contributed by atoms with E-state index in [0.29, 0.717) is 0 Å². The van der Waals surface area contributed by atoms with Gasteiger partial charge in [-0.05, 0) is 19.1 Å². The van der Waals surface area contributed by atoms with E-state index >= 15 is 0 Å². The molecule has 0 saturated heterocycles. The van der Waals surface area contributed by atoms with Crippen LogP contribution in [0, 0.1) is 0 Å². The molecule has 0 spiro atoms. The Labute approximate surface area is 94.0 Å². The van der Waals surface area contributed by atoms with E-state index < -0.39 is 29.8 Å². The number of carboxylic acid groups (broad SMARTS) is 1. The minimum Gasteiger partial charge on any atom is -0.477 e. The fourth-order valence-corrected chi connectivity index (χ4v) is 0.899. The van der Waals surface area contributed by atoms with Gasteiger partial charge in [0.15, 0.2) is 11.8 Å². The predicted molar refractivity (Wildman–Crippen MR) is 51.8 cm³/mol. The monoisotopic (exact) mass is 250 g/mol. The highest BCUT2D eigenvalue weighted by Gasteiger charge is 2.38. The van der Waals surface area contributed by atoms with Gasteiger partial charge in [-0.1, -0.05) is 0 Å². The molecule has 1 rings (SSSR count). The van der Waals surface area contributed by atoms with Crippen LogP contribution in [0.3, 0.4) is 0 Å². The van der Waals surface area contributed by atoms with E-state index in [2.05, 4.69) is 9.72 Å². The summed E-state index contributed by atoms with van der Waals surface area (Å²) in [6, 6.07) is 2.19. The van der Waals surface area contributed by atoms with Crippen molar-refractivity contribution in [2.45, 2.75) is 19.2 Å². The lowest BCUT2D eigenvalue weighted by atomic mass is 10.3. The van der Waals surface area contributed by atoms with E-state index in [0.717, 1.165) is 19.1 Å². The number of pyridine rings is 1. The molecule has 0 aliphatic carbocycles. The van der Waals surface area contributed by atoms with Gasteiger partial charge in [-0.3, -0.25) is 0 Å². The number of carbonyl (C=O) groups is 1. The first kappa shape index (κ1) is 13.1. The van der Waals surface area contributed by atoms with Gasteiger partial charge in [0, 0.05) is 0 Å². The molecule has 0 aromatic carbocycles. The first-order chi connectivity index (χ1) is 7.71. The average molecular weight is 250 g/mol. The maximum Gasteiger partial charge on any atom is 0.425 e. The Bertz CT molecular complexity index is 434. The minimum absolute atomic E-state index is 0.161. The van der Waals surface area contributed by atoms with Gasteiger partial charge in [0.05, 0.1) is 5.69 Å². The van der Waals surface area contributed by atoms with Crippen molar-refractivity contribution in [3.63, 3.8) is 0 Å². The normalized spacial score (nSPS) is 13.2. The molecule has 3 N–H and O–H groups in total. The summed E-state index contributed by atoms with van der Waals surface area (Å²) in [4.78, 5) is 13.9. The van der Waals surface area contributed by atoms with E-state index in [1.807, 2.05) is 0 Å². The van der Waals surface area contributed by atoms with Crippen LogP contribution in [-0.4, -0.2) is 28.3 Å². The molecule has 1 aromatic rings. The number of nitrogen functional groups attached to an aromatic ring is 1. The average Bonchev–Trinajstić information content (AvgIpc) is 2.19. The maximum absolute atomic E-state index is 12.2. The Balaban J connectivity index is 2.98. The summed E-state index contributed by atoms with van der Waals surface area (Å²) >= 11 is 0. The van der Waals surface area contributed by atoms with Gasteiger partial charge in [0.1, 0.15) is 0 Å². The van der Waals surface area contributed by atoms with Crippen molar-refractivity contribution < 1.29 is 27.8 Å². The Morgan fingerprint density at radius 3 is 2.59 bits per heavy atom. The van der Waals surface area contributed by atoms with Crippen molar-refractivity contribution in [3.8, 4) is 5.88 Å². The molecule has 0 saturated carbocycles. The van der Waals surface area contributed by atoms with Crippen LogP contribution in [-0.2, 0) is 0 Å². The number of hydrogen-bond acceptors (Lipinski definition) is 4. The van der Waals surface area contributed by atoms with Crippen molar-refractivity contribution in [2.75, 3.05) is 5.73 Å². The summed E-state index contributed by atoms with van der Waals surface area (Å²) < 4.78 is 41.1. The van der Waals surface area contributed by atoms with Crippen molar-refractivity contribution in [1.82, 2.24) is 4.98 Å². The number of rotatable bonds is 3. The summed E-state index contributed by atoms with van der Waals surface area (Å²) in [7, 11) is 0. The Kier molecular flexibility index (Phi) is 3.45. The molecule has 1 heterocycles. The number of aromatic carboxylic acids is 1. The molecular formula is C9H9F3N2O3. The first-order valence-corrected chi connectivity index (χ1v) is 4.45. The smallest absolute Gasteiger partial charge is 0.425 e. The van der Waals surface area contributed by atoms with Gasteiger partial charge in [-0.25, -0.2) is 9.78 Å². The molecule has 5 nitrogen and oxygen atoms in total. The van der Waals surface area contributed by atoms with Gasteiger partial charge in [-0.15, -0.1) is 0 Å². The fraction of sp³-hybridized carbons (Fsp3) is 0.333.